The third-order valence-corrected chi connectivity index (χ3v) is 4.72. The van der Waals surface area contributed by atoms with E-state index in [4.69, 9.17) is 0 Å². The zero-order valence-corrected chi connectivity index (χ0v) is 11.5. The van der Waals surface area contributed by atoms with Crippen molar-refractivity contribution in [3.05, 3.63) is 21.9 Å². The lowest BCUT2D eigenvalue weighted by Gasteiger charge is -2.29. The first-order valence-corrected chi connectivity index (χ1v) is 6.91. The Morgan fingerprint density at radius 3 is 2.76 bits per heavy atom. The van der Waals surface area contributed by atoms with Crippen molar-refractivity contribution in [2.45, 2.75) is 26.2 Å². The smallest absolute Gasteiger partial charge is 0.225 e. The Kier molecular flexibility index (Phi) is 3.54. The topological polar surface area (TPSA) is 41.1 Å². The third-order valence-electron chi connectivity index (χ3n) is 3.33. The van der Waals surface area contributed by atoms with E-state index in [1.807, 2.05) is 0 Å². The standard InChI is InChI=1S/C13H20N2OS/c1-9-4-5-17-11(9)13(2,3)8-15-12(16)10-6-14-7-10/h4-5,10,14H,6-8H2,1-3H3,(H,15,16). The minimum atomic E-state index is 0.0189. The second kappa shape index (κ2) is 4.78. The highest BCUT2D eigenvalue weighted by Crippen LogP contribution is 2.30. The van der Waals surface area contributed by atoms with Crippen molar-refractivity contribution >= 4 is 17.2 Å². The molecule has 0 aromatic carbocycles. The van der Waals surface area contributed by atoms with Crippen LogP contribution in [-0.4, -0.2) is 25.5 Å². The van der Waals surface area contributed by atoms with Crippen LogP contribution < -0.4 is 10.6 Å². The van der Waals surface area contributed by atoms with Gasteiger partial charge in [0, 0.05) is 29.9 Å². The number of aryl methyl sites for hydroxylation is 1. The summed E-state index contributed by atoms with van der Waals surface area (Å²) in [7, 11) is 0. The average Bonchev–Trinajstić information content (AvgIpc) is 2.59. The van der Waals surface area contributed by atoms with E-state index < -0.39 is 0 Å². The molecular weight excluding hydrogens is 232 g/mol. The average molecular weight is 252 g/mol. The van der Waals surface area contributed by atoms with Crippen LogP contribution in [-0.2, 0) is 10.2 Å². The summed E-state index contributed by atoms with van der Waals surface area (Å²) in [6.07, 6.45) is 0. The minimum Gasteiger partial charge on any atom is -0.355 e. The monoisotopic (exact) mass is 252 g/mol. The molecule has 0 radical (unpaired) electrons. The molecule has 4 heteroatoms. The molecule has 2 heterocycles. The second-order valence-corrected chi connectivity index (χ2v) is 6.31. The molecule has 2 rings (SSSR count). The highest BCUT2D eigenvalue weighted by Gasteiger charge is 2.28. The van der Waals surface area contributed by atoms with Gasteiger partial charge >= 0.3 is 0 Å². The molecule has 1 aromatic rings. The van der Waals surface area contributed by atoms with Crippen molar-refractivity contribution < 1.29 is 4.79 Å². The quantitative estimate of drug-likeness (QED) is 0.856. The van der Waals surface area contributed by atoms with E-state index in [1.165, 1.54) is 10.4 Å². The molecule has 1 fully saturated rings. The molecule has 1 aromatic heterocycles. The zero-order chi connectivity index (χ0) is 12.5. The third kappa shape index (κ3) is 2.69. The SMILES string of the molecule is Cc1ccsc1C(C)(C)CNC(=O)C1CNC1. The van der Waals surface area contributed by atoms with Crippen LogP contribution in [0.4, 0.5) is 0 Å². The van der Waals surface area contributed by atoms with Gasteiger partial charge in [-0.05, 0) is 23.9 Å². The first-order chi connectivity index (χ1) is 8.00. The summed E-state index contributed by atoms with van der Waals surface area (Å²) in [5.74, 6) is 0.362. The molecule has 0 aliphatic carbocycles. The number of nitrogens with one attached hydrogen (secondary N) is 2. The predicted octanol–water partition coefficient (Wildman–Crippen LogP) is 1.67. The highest BCUT2D eigenvalue weighted by atomic mass is 32.1. The summed E-state index contributed by atoms with van der Waals surface area (Å²) in [6, 6.07) is 2.14. The summed E-state index contributed by atoms with van der Waals surface area (Å²) in [5.41, 5.74) is 1.34. The lowest BCUT2D eigenvalue weighted by atomic mass is 9.89. The molecule has 1 amide bonds. The van der Waals surface area contributed by atoms with Gasteiger partial charge in [-0.2, -0.15) is 0 Å². The zero-order valence-electron chi connectivity index (χ0n) is 10.7. The van der Waals surface area contributed by atoms with E-state index in [9.17, 15) is 4.79 Å². The van der Waals surface area contributed by atoms with Crippen LogP contribution >= 0.6 is 11.3 Å². The van der Waals surface area contributed by atoms with E-state index in [0.29, 0.717) is 6.54 Å². The summed E-state index contributed by atoms with van der Waals surface area (Å²) < 4.78 is 0. The van der Waals surface area contributed by atoms with Gasteiger partial charge in [-0.1, -0.05) is 13.8 Å². The summed E-state index contributed by atoms with van der Waals surface area (Å²) in [6.45, 7) is 8.86. The van der Waals surface area contributed by atoms with Gasteiger partial charge in [-0.3, -0.25) is 4.79 Å². The molecule has 2 N–H and O–H groups in total. The maximum absolute atomic E-state index is 11.8. The minimum absolute atomic E-state index is 0.0189. The lowest BCUT2D eigenvalue weighted by molar-refractivity contribution is -0.126. The fraction of sp³-hybridized carbons (Fsp3) is 0.615. The number of hydrogen-bond acceptors (Lipinski definition) is 3. The van der Waals surface area contributed by atoms with Crippen LogP contribution in [0.15, 0.2) is 11.4 Å². The van der Waals surface area contributed by atoms with Crippen LogP contribution in [0.25, 0.3) is 0 Å². The van der Waals surface area contributed by atoms with Crippen molar-refractivity contribution in [1.29, 1.82) is 0 Å². The first-order valence-electron chi connectivity index (χ1n) is 6.04. The molecule has 1 aliphatic heterocycles. The largest absolute Gasteiger partial charge is 0.355 e. The van der Waals surface area contributed by atoms with E-state index in [1.54, 1.807) is 11.3 Å². The van der Waals surface area contributed by atoms with Gasteiger partial charge in [0.1, 0.15) is 0 Å². The van der Waals surface area contributed by atoms with Crippen molar-refractivity contribution in [3.63, 3.8) is 0 Å². The second-order valence-electron chi connectivity index (χ2n) is 5.39. The van der Waals surface area contributed by atoms with E-state index in [2.05, 4.69) is 42.9 Å². The molecule has 0 saturated carbocycles. The molecule has 94 valence electrons. The summed E-state index contributed by atoms with van der Waals surface area (Å²) in [4.78, 5) is 13.1. The van der Waals surface area contributed by atoms with Crippen LogP contribution in [0.5, 0.6) is 0 Å². The summed E-state index contributed by atoms with van der Waals surface area (Å²) >= 11 is 1.77. The number of thiophene rings is 1. The van der Waals surface area contributed by atoms with Gasteiger partial charge in [0.2, 0.25) is 5.91 Å². The molecule has 17 heavy (non-hydrogen) atoms. The maximum atomic E-state index is 11.8. The van der Waals surface area contributed by atoms with E-state index in [0.717, 1.165) is 13.1 Å². The summed E-state index contributed by atoms with van der Waals surface area (Å²) in [5, 5.41) is 8.30. The molecule has 0 atom stereocenters. The van der Waals surface area contributed by atoms with Crippen molar-refractivity contribution in [3.8, 4) is 0 Å². The molecule has 1 saturated heterocycles. The van der Waals surface area contributed by atoms with Gasteiger partial charge in [0.15, 0.2) is 0 Å². The van der Waals surface area contributed by atoms with Crippen LogP contribution in [0.1, 0.15) is 24.3 Å². The Morgan fingerprint density at radius 2 is 2.29 bits per heavy atom. The maximum Gasteiger partial charge on any atom is 0.225 e. The molecule has 0 unspecified atom stereocenters. The van der Waals surface area contributed by atoms with Crippen LogP contribution in [0, 0.1) is 12.8 Å². The number of carbonyl (C=O) groups excluding carboxylic acids is 1. The van der Waals surface area contributed by atoms with E-state index >= 15 is 0 Å². The Balaban J connectivity index is 1.93. The highest BCUT2D eigenvalue weighted by molar-refractivity contribution is 7.10. The number of amides is 1. The fourth-order valence-corrected chi connectivity index (χ4v) is 3.13. The van der Waals surface area contributed by atoms with Gasteiger partial charge in [0.25, 0.3) is 0 Å². The molecule has 1 aliphatic rings. The number of hydrogen-bond donors (Lipinski definition) is 2. The van der Waals surface area contributed by atoms with Crippen molar-refractivity contribution in [2.75, 3.05) is 19.6 Å². The van der Waals surface area contributed by atoms with Gasteiger partial charge in [0.05, 0.1) is 5.92 Å². The Bertz CT molecular complexity index is 407. The fourth-order valence-electron chi connectivity index (χ4n) is 2.07. The lowest BCUT2D eigenvalue weighted by Crippen LogP contribution is -2.52. The number of carbonyl (C=O) groups is 1. The molecular formula is C13H20N2OS. The normalized spacial score (nSPS) is 16.6. The van der Waals surface area contributed by atoms with Crippen LogP contribution in [0.2, 0.25) is 0 Å². The Hall–Kier alpha value is -0.870. The Labute approximate surface area is 107 Å². The van der Waals surface area contributed by atoms with Crippen LogP contribution in [0.3, 0.4) is 0 Å². The Morgan fingerprint density at radius 1 is 1.59 bits per heavy atom. The molecule has 0 spiro atoms. The predicted molar refractivity (Wildman–Crippen MR) is 71.5 cm³/mol. The molecule has 0 bridgehead atoms. The first kappa shape index (κ1) is 12.6. The van der Waals surface area contributed by atoms with Crippen molar-refractivity contribution in [2.24, 2.45) is 5.92 Å². The molecule has 3 nitrogen and oxygen atoms in total. The van der Waals surface area contributed by atoms with E-state index in [-0.39, 0.29) is 17.2 Å². The van der Waals surface area contributed by atoms with Gasteiger partial charge in [-0.15, -0.1) is 11.3 Å². The van der Waals surface area contributed by atoms with Crippen molar-refractivity contribution in [1.82, 2.24) is 10.6 Å². The van der Waals surface area contributed by atoms with Gasteiger partial charge in [-0.25, -0.2) is 0 Å². The number of rotatable bonds is 4. The van der Waals surface area contributed by atoms with Gasteiger partial charge < -0.3 is 10.6 Å².